The number of carbonyl (C=O) groups excluding carboxylic acids is 1. The van der Waals surface area contributed by atoms with Crippen molar-refractivity contribution < 1.29 is 9.53 Å². The zero-order chi connectivity index (χ0) is 24.4. The number of amides is 1. The molecule has 35 heavy (non-hydrogen) atoms. The lowest BCUT2D eigenvalue weighted by molar-refractivity contribution is -0.135. The second-order valence-corrected chi connectivity index (χ2v) is 10.3. The van der Waals surface area contributed by atoms with Crippen LogP contribution in [0.1, 0.15) is 43.7 Å². The van der Waals surface area contributed by atoms with Crippen LogP contribution in [0.3, 0.4) is 0 Å². The minimum absolute atomic E-state index is 0.00996. The Bertz CT molecular complexity index is 1240. The van der Waals surface area contributed by atoms with Crippen molar-refractivity contribution in [2.45, 2.75) is 45.7 Å². The Hall–Kier alpha value is -3.12. The van der Waals surface area contributed by atoms with Gasteiger partial charge >= 0.3 is 0 Å². The predicted octanol–water partition coefficient (Wildman–Crippen LogP) is 4.26. The lowest BCUT2D eigenvalue weighted by Crippen LogP contribution is -2.49. The molecule has 0 unspecified atom stereocenters. The van der Waals surface area contributed by atoms with Crippen molar-refractivity contribution in [1.29, 1.82) is 0 Å². The van der Waals surface area contributed by atoms with Gasteiger partial charge in [0.15, 0.2) is 6.61 Å². The summed E-state index contributed by atoms with van der Waals surface area (Å²) in [6.45, 7) is 9.06. The molecule has 0 atom stereocenters. The van der Waals surface area contributed by atoms with Gasteiger partial charge in [-0.2, -0.15) is 0 Å². The van der Waals surface area contributed by atoms with Gasteiger partial charge in [0.1, 0.15) is 5.75 Å². The molecule has 1 aliphatic carbocycles. The van der Waals surface area contributed by atoms with E-state index in [0.29, 0.717) is 24.8 Å². The Morgan fingerprint density at radius 1 is 1.00 bits per heavy atom. The molecule has 5 rings (SSSR count). The van der Waals surface area contributed by atoms with Crippen LogP contribution in [0.5, 0.6) is 5.75 Å². The van der Waals surface area contributed by atoms with Gasteiger partial charge in [-0.05, 0) is 47.9 Å². The average molecular weight is 474 g/mol. The third-order valence-electron chi connectivity index (χ3n) is 7.21. The van der Waals surface area contributed by atoms with Crippen LogP contribution in [0.15, 0.2) is 59.4 Å². The van der Waals surface area contributed by atoms with Crippen molar-refractivity contribution in [2.24, 2.45) is 5.92 Å². The molecule has 2 heterocycles. The van der Waals surface area contributed by atoms with Crippen molar-refractivity contribution in [3.63, 3.8) is 0 Å². The summed E-state index contributed by atoms with van der Waals surface area (Å²) in [6, 6.07) is 18.1. The summed E-state index contributed by atoms with van der Waals surface area (Å²) < 4.78 is 7.84. The predicted molar refractivity (Wildman–Crippen MR) is 139 cm³/mol. The molecule has 3 aromatic rings. The van der Waals surface area contributed by atoms with Crippen molar-refractivity contribution >= 4 is 16.8 Å². The molecular formula is C29H35N3O3. The molecule has 6 heteroatoms. The van der Waals surface area contributed by atoms with E-state index < -0.39 is 0 Å². The van der Waals surface area contributed by atoms with Crippen LogP contribution in [0, 0.1) is 5.92 Å². The van der Waals surface area contributed by atoms with Gasteiger partial charge in [0.05, 0.1) is 5.52 Å². The van der Waals surface area contributed by atoms with Crippen molar-refractivity contribution in [2.75, 3.05) is 32.8 Å². The van der Waals surface area contributed by atoms with Gasteiger partial charge in [0.25, 0.3) is 11.5 Å². The van der Waals surface area contributed by atoms with Gasteiger partial charge in [-0.25, -0.2) is 0 Å². The highest BCUT2D eigenvalue weighted by molar-refractivity contribution is 5.85. The number of aromatic nitrogens is 1. The zero-order valence-electron chi connectivity index (χ0n) is 20.8. The summed E-state index contributed by atoms with van der Waals surface area (Å²) in [7, 11) is 0. The Morgan fingerprint density at radius 2 is 1.74 bits per heavy atom. The number of carbonyl (C=O) groups is 1. The zero-order valence-corrected chi connectivity index (χ0v) is 20.8. The van der Waals surface area contributed by atoms with Gasteiger partial charge in [-0.1, -0.05) is 44.2 Å². The number of piperazine rings is 1. The summed E-state index contributed by atoms with van der Waals surface area (Å²) in [6.07, 6.45) is 2.37. The first-order chi connectivity index (χ1) is 17.0. The molecule has 2 aliphatic rings. The smallest absolute Gasteiger partial charge is 0.260 e. The summed E-state index contributed by atoms with van der Waals surface area (Å²) in [5.74, 6) is 1.50. The summed E-state index contributed by atoms with van der Waals surface area (Å²) in [4.78, 5) is 30.0. The molecule has 0 bridgehead atoms. The molecule has 1 saturated heterocycles. The molecule has 1 amide bonds. The summed E-state index contributed by atoms with van der Waals surface area (Å²) >= 11 is 0. The Morgan fingerprint density at radius 3 is 2.43 bits per heavy atom. The van der Waals surface area contributed by atoms with Crippen LogP contribution in [0.4, 0.5) is 0 Å². The fourth-order valence-corrected chi connectivity index (χ4v) is 4.93. The van der Waals surface area contributed by atoms with E-state index >= 15 is 0 Å². The van der Waals surface area contributed by atoms with Crippen LogP contribution in [0.25, 0.3) is 10.9 Å². The number of pyridine rings is 1. The minimum Gasteiger partial charge on any atom is -0.484 e. The highest BCUT2D eigenvalue weighted by atomic mass is 16.5. The highest BCUT2D eigenvalue weighted by Gasteiger charge is 2.24. The summed E-state index contributed by atoms with van der Waals surface area (Å²) in [5.41, 5.74) is 3.32. The van der Waals surface area contributed by atoms with Gasteiger partial charge in [-0.3, -0.25) is 14.5 Å². The molecule has 184 valence electrons. The van der Waals surface area contributed by atoms with E-state index in [-0.39, 0.29) is 24.0 Å². The molecule has 0 N–H and O–H groups in total. The van der Waals surface area contributed by atoms with Gasteiger partial charge in [-0.15, -0.1) is 0 Å². The normalized spacial score (nSPS) is 16.7. The molecule has 0 radical (unpaired) electrons. The van der Waals surface area contributed by atoms with Crippen molar-refractivity contribution in [3.8, 4) is 5.75 Å². The Balaban J connectivity index is 1.23. The van der Waals surface area contributed by atoms with E-state index in [0.717, 1.165) is 42.6 Å². The molecule has 2 fully saturated rings. The monoisotopic (exact) mass is 473 g/mol. The average Bonchev–Trinajstić information content (AvgIpc) is 3.69. The van der Waals surface area contributed by atoms with Crippen LogP contribution in [-0.4, -0.2) is 53.1 Å². The SMILES string of the molecule is CC(C)c1cc(=O)n(CC2CC2)c2cc(OCC(=O)N3CCN(Cc4ccccc4)CC3)ccc12. The fraction of sp³-hybridized carbons (Fsp3) is 0.448. The van der Waals surface area contributed by atoms with Gasteiger partial charge < -0.3 is 14.2 Å². The molecule has 0 spiro atoms. The molecule has 6 nitrogen and oxygen atoms in total. The van der Waals surface area contributed by atoms with Crippen LogP contribution in [-0.2, 0) is 17.9 Å². The van der Waals surface area contributed by atoms with Crippen molar-refractivity contribution in [1.82, 2.24) is 14.4 Å². The number of rotatable bonds is 8. The van der Waals surface area contributed by atoms with Gasteiger partial charge in [0, 0.05) is 56.8 Å². The van der Waals surface area contributed by atoms with Crippen LogP contribution in [0.2, 0.25) is 0 Å². The highest BCUT2D eigenvalue weighted by Crippen LogP contribution is 2.33. The number of nitrogens with zero attached hydrogens (tertiary/aromatic N) is 3. The largest absolute Gasteiger partial charge is 0.484 e. The molecule has 1 aromatic heterocycles. The molecule has 2 aromatic carbocycles. The number of hydrogen-bond donors (Lipinski definition) is 0. The van der Waals surface area contributed by atoms with E-state index in [2.05, 4.69) is 43.0 Å². The first kappa shape index (κ1) is 23.6. The third-order valence-corrected chi connectivity index (χ3v) is 7.21. The second-order valence-electron chi connectivity index (χ2n) is 10.3. The maximum atomic E-state index is 12.9. The van der Waals surface area contributed by atoms with Crippen LogP contribution >= 0.6 is 0 Å². The quantitative estimate of drug-likeness (QED) is 0.491. The maximum Gasteiger partial charge on any atom is 0.260 e. The minimum atomic E-state index is 0.00996. The Kier molecular flexibility index (Phi) is 6.91. The molecular weight excluding hydrogens is 438 g/mol. The lowest BCUT2D eigenvalue weighted by atomic mass is 9.98. The number of fused-ring (bicyclic) bond motifs is 1. The molecule has 1 saturated carbocycles. The first-order valence-corrected chi connectivity index (χ1v) is 12.8. The maximum absolute atomic E-state index is 12.9. The standard InChI is InChI=1S/C29H35N3O3/c1-21(2)26-17-28(33)32(19-23-8-9-23)27-16-24(10-11-25(26)27)35-20-29(34)31-14-12-30(13-15-31)18-22-6-4-3-5-7-22/h3-7,10-11,16-17,21,23H,8-9,12-15,18-20H2,1-2H3. The number of hydrogen-bond acceptors (Lipinski definition) is 4. The van der Waals surface area contributed by atoms with Gasteiger partial charge in [0.2, 0.25) is 0 Å². The fourth-order valence-electron chi connectivity index (χ4n) is 4.93. The lowest BCUT2D eigenvalue weighted by Gasteiger charge is -2.34. The van der Waals surface area contributed by atoms with E-state index in [1.807, 2.05) is 33.7 Å². The number of benzene rings is 2. The van der Waals surface area contributed by atoms with E-state index in [1.54, 1.807) is 6.07 Å². The topological polar surface area (TPSA) is 54.8 Å². The van der Waals surface area contributed by atoms with E-state index in [4.69, 9.17) is 4.74 Å². The van der Waals surface area contributed by atoms with Crippen LogP contribution < -0.4 is 10.3 Å². The molecule has 1 aliphatic heterocycles. The third kappa shape index (κ3) is 5.59. The Labute approximate surface area is 207 Å². The van der Waals surface area contributed by atoms with E-state index in [1.165, 1.54) is 18.4 Å². The number of ether oxygens (including phenoxy) is 1. The first-order valence-electron chi connectivity index (χ1n) is 12.8. The second kappa shape index (κ2) is 10.2. The van der Waals surface area contributed by atoms with Crippen molar-refractivity contribution in [3.05, 3.63) is 76.1 Å². The summed E-state index contributed by atoms with van der Waals surface area (Å²) in [5, 5.41) is 1.09. The van der Waals surface area contributed by atoms with E-state index in [9.17, 15) is 9.59 Å².